The van der Waals surface area contributed by atoms with Gasteiger partial charge in [-0.15, -0.1) is 0 Å². The van der Waals surface area contributed by atoms with Crippen LogP contribution in [0.1, 0.15) is 0 Å². The van der Waals surface area contributed by atoms with E-state index in [2.05, 4.69) is 58.9 Å². The van der Waals surface area contributed by atoms with E-state index < -0.39 is 33.8 Å². The maximum atomic E-state index is 6.52. The van der Waals surface area contributed by atoms with Crippen LogP contribution in [0.3, 0.4) is 0 Å². The maximum Gasteiger partial charge on any atom is 0.342 e. The first-order valence-electron chi connectivity index (χ1n) is 8.00. The fourth-order valence-electron chi connectivity index (χ4n) is 2.55. The van der Waals surface area contributed by atoms with Gasteiger partial charge < -0.3 is 21.8 Å². The molecular weight excluding hydrogens is 399 g/mol. The van der Waals surface area contributed by atoms with E-state index in [-0.39, 0.29) is 24.7 Å². The van der Waals surface area contributed by atoms with Gasteiger partial charge in [-0.2, -0.15) is 0 Å². The fraction of sp³-hybridized carbons (Fsp3) is 1.00. The quantitative estimate of drug-likeness (QED) is 0.390. The summed E-state index contributed by atoms with van der Waals surface area (Å²) in [7, 11) is -7.99. The molecule has 1 rings (SSSR count). The Balaban J connectivity index is 0.00000484. The molecule has 0 N–H and O–H groups in total. The Hall–Kier alpha value is 1.25. The molecule has 5 nitrogen and oxygen atoms in total. The summed E-state index contributed by atoms with van der Waals surface area (Å²) in [6.07, 6.45) is 0.816. The molecule has 0 saturated carbocycles. The molecule has 137 valence electrons. The number of ether oxygens (including phenoxy) is 2. The van der Waals surface area contributed by atoms with Gasteiger partial charge in [0, 0.05) is 18.6 Å². The molecule has 1 aliphatic heterocycles. The van der Waals surface area contributed by atoms with E-state index in [0.717, 1.165) is 6.61 Å². The van der Waals surface area contributed by atoms with Crippen molar-refractivity contribution in [3.63, 3.8) is 0 Å². The Morgan fingerprint density at radius 3 is 1.70 bits per heavy atom. The third-order valence-electron chi connectivity index (χ3n) is 2.61. The zero-order valence-corrected chi connectivity index (χ0v) is 21.6. The standard InChI is InChI=1S/C13H34O5Si4.V/c1-19(2,3)16-21(7,8)18-22(9,17-20(4,5)6)12-14-10-13-11-15-13;/h13H,10-12H2,1-9H3;. The largest absolute Gasteiger partial charge is 0.437 e. The van der Waals surface area contributed by atoms with Gasteiger partial charge in [0.05, 0.1) is 19.4 Å². The smallest absolute Gasteiger partial charge is 0.342 e. The van der Waals surface area contributed by atoms with Crippen LogP contribution in [0.5, 0.6) is 0 Å². The van der Waals surface area contributed by atoms with Crippen molar-refractivity contribution in [2.24, 2.45) is 0 Å². The summed E-state index contributed by atoms with van der Waals surface area (Å²) in [5, 5.41) is 0. The fourth-order valence-corrected chi connectivity index (χ4v) is 19.8. The average Bonchev–Trinajstić information content (AvgIpc) is 2.91. The molecule has 0 bridgehead atoms. The summed E-state index contributed by atoms with van der Waals surface area (Å²) in [4.78, 5) is 0. The minimum atomic E-state index is -2.42. The van der Waals surface area contributed by atoms with Crippen LogP contribution in [0, 0.1) is 0 Å². The molecule has 1 fully saturated rings. The summed E-state index contributed by atoms with van der Waals surface area (Å²) in [5.74, 6) is 0. The first-order chi connectivity index (χ1) is 9.70. The van der Waals surface area contributed by atoms with Gasteiger partial charge in [-0.1, -0.05) is 0 Å². The van der Waals surface area contributed by atoms with Gasteiger partial charge in [0.2, 0.25) is 0 Å². The molecule has 0 amide bonds. The molecule has 1 heterocycles. The topological polar surface area (TPSA) is 49.5 Å². The van der Waals surface area contributed by atoms with Gasteiger partial charge in [-0.3, -0.25) is 0 Å². The van der Waals surface area contributed by atoms with Crippen molar-refractivity contribution in [2.45, 2.75) is 65.0 Å². The van der Waals surface area contributed by atoms with Crippen LogP contribution in [-0.4, -0.2) is 59.3 Å². The molecule has 0 aromatic rings. The Kier molecular flexibility index (Phi) is 9.24. The van der Waals surface area contributed by atoms with Gasteiger partial charge in [0.15, 0.2) is 16.6 Å². The van der Waals surface area contributed by atoms with Crippen molar-refractivity contribution in [3.05, 3.63) is 0 Å². The molecule has 1 radical (unpaired) electrons. The zero-order chi connectivity index (χ0) is 17.2. The first-order valence-corrected chi connectivity index (χ1v) is 20.2. The van der Waals surface area contributed by atoms with Crippen LogP contribution in [0.25, 0.3) is 0 Å². The van der Waals surface area contributed by atoms with E-state index in [1.165, 1.54) is 0 Å². The van der Waals surface area contributed by atoms with Gasteiger partial charge in [-0.05, 0) is 58.9 Å². The van der Waals surface area contributed by atoms with Crippen molar-refractivity contribution in [3.8, 4) is 0 Å². The van der Waals surface area contributed by atoms with E-state index in [0.29, 0.717) is 12.8 Å². The predicted octanol–water partition coefficient (Wildman–Crippen LogP) is 3.43. The SMILES string of the molecule is C[Si](C)(C)O[Si](C)(C)O[Si](C)(COCC1CO1)O[Si](C)(C)C.[V]. The second kappa shape index (κ2) is 8.76. The molecule has 1 saturated heterocycles. The van der Waals surface area contributed by atoms with Crippen molar-refractivity contribution < 1.29 is 40.4 Å². The molecule has 0 aliphatic carbocycles. The number of hydrogen-bond acceptors (Lipinski definition) is 5. The monoisotopic (exact) mass is 433 g/mol. The van der Waals surface area contributed by atoms with Crippen LogP contribution in [0.15, 0.2) is 0 Å². The van der Waals surface area contributed by atoms with Gasteiger partial charge in [0.25, 0.3) is 0 Å². The summed E-state index contributed by atoms with van der Waals surface area (Å²) in [6.45, 7) is 21.0. The summed E-state index contributed by atoms with van der Waals surface area (Å²) < 4.78 is 30.3. The average molecular weight is 434 g/mol. The second-order valence-electron chi connectivity index (χ2n) is 8.54. The summed E-state index contributed by atoms with van der Waals surface area (Å²) in [6, 6.07) is 0. The van der Waals surface area contributed by atoms with Crippen LogP contribution >= 0.6 is 0 Å². The molecule has 10 heteroatoms. The number of rotatable bonds is 10. The molecule has 0 aromatic heterocycles. The molecule has 0 spiro atoms. The van der Waals surface area contributed by atoms with Crippen LogP contribution in [0.4, 0.5) is 0 Å². The van der Waals surface area contributed by atoms with Crippen LogP contribution in [0.2, 0.25) is 58.9 Å². The van der Waals surface area contributed by atoms with Crippen molar-refractivity contribution >= 4 is 33.8 Å². The van der Waals surface area contributed by atoms with Crippen molar-refractivity contribution in [1.82, 2.24) is 0 Å². The van der Waals surface area contributed by atoms with Crippen molar-refractivity contribution in [2.75, 3.05) is 19.4 Å². The third-order valence-corrected chi connectivity index (χ3v) is 15.6. The Morgan fingerprint density at radius 2 is 1.30 bits per heavy atom. The Morgan fingerprint density at radius 1 is 0.826 bits per heavy atom. The van der Waals surface area contributed by atoms with E-state index in [9.17, 15) is 0 Å². The molecule has 2 unspecified atom stereocenters. The molecule has 0 aromatic carbocycles. The van der Waals surface area contributed by atoms with E-state index in [1.807, 2.05) is 0 Å². The molecule has 2 atom stereocenters. The van der Waals surface area contributed by atoms with Crippen LogP contribution < -0.4 is 0 Å². The van der Waals surface area contributed by atoms with E-state index in [4.69, 9.17) is 21.8 Å². The van der Waals surface area contributed by atoms with Crippen LogP contribution in [-0.2, 0) is 40.4 Å². The zero-order valence-electron chi connectivity index (χ0n) is 16.2. The maximum absolute atomic E-state index is 6.52. The minimum absolute atomic E-state index is 0. The normalized spacial score (nSPS) is 21.5. The predicted molar refractivity (Wildman–Crippen MR) is 99.6 cm³/mol. The van der Waals surface area contributed by atoms with Crippen molar-refractivity contribution in [1.29, 1.82) is 0 Å². The first kappa shape index (κ1) is 24.3. The summed E-state index contributed by atoms with van der Waals surface area (Å²) in [5.41, 5.74) is 0. The Bertz CT molecular complexity index is 368. The summed E-state index contributed by atoms with van der Waals surface area (Å²) >= 11 is 0. The minimum Gasteiger partial charge on any atom is -0.437 e. The molecular formula is C13H34O5Si4V. The molecule has 1 aliphatic rings. The second-order valence-corrected chi connectivity index (χ2v) is 24.8. The third kappa shape index (κ3) is 12.3. The van der Waals surface area contributed by atoms with E-state index >= 15 is 0 Å². The number of hydrogen-bond donors (Lipinski definition) is 0. The molecule has 23 heavy (non-hydrogen) atoms. The van der Waals surface area contributed by atoms with Gasteiger partial charge >= 0.3 is 17.1 Å². The Labute approximate surface area is 158 Å². The number of epoxide rings is 1. The van der Waals surface area contributed by atoms with E-state index in [1.54, 1.807) is 0 Å². The van der Waals surface area contributed by atoms with Gasteiger partial charge in [0.1, 0.15) is 6.10 Å². The van der Waals surface area contributed by atoms with Gasteiger partial charge in [-0.25, -0.2) is 0 Å².